The summed E-state index contributed by atoms with van der Waals surface area (Å²) in [6.07, 6.45) is 12.5. The number of hydrogen-bond acceptors (Lipinski definition) is 1. The van der Waals surface area contributed by atoms with Crippen LogP contribution < -0.4 is 5.32 Å². The standard InChI is InChI=1S/C12H19N/c1-3-7-11-9(5-1)10-6-2-4-8-12(10)13-11/h7,9-10,12-13H,1-6,8H2. The van der Waals surface area contributed by atoms with Gasteiger partial charge >= 0.3 is 0 Å². The zero-order chi connectivity index (χ0) is 8.67. The van der Waals surface area contributed by atoms with Crippen molar-refractivity contribution in [3.63, 3.8) is 0 Å². The second kappa shape index (κ2) is 3.04. The Bertz CT molecular complexity index is 231. The molecule has 1 saturated carbocycles. The maximum Gasteiger partial charge on any atom is 0.0292 e. The van der Waals surface area contributed by atoms with Crippen LogP contribution in [0.1, 0.15) is 44.9 Å². The molecule has 0 radical (unpaired) electrons. The first-order chi connectivity index (χ1) is 6.45. The molecule has 3 rings (SSSR count). The van der Waals surface area contributed by atoms with Gasteiger partial charge in [-0.15, -0.1) is 0 Å². The highest BCUT2D eigenvalue weighted by molar-refractivity contribution is 5.18. The van der Waals surface area contributed by atoms with Gasteiger partial charge in [0, 0.05) is 17.7 Å². The molecule has 2 fully saturated rings. The van der Waals surface area contributed by atoms with Crippen molar-refractivity contribution in [1.29, 1.82) is 0 Å². The Kier molecular flexibility index (Phi) is 1.85. The van der Waals surface area contributed by atoms with E-state index >= 15 is 0 Å². The van der Waals surface area contributed by atoms with Gasteiger partial charge in [-0.05, 0) is 38.0 Å². The van der Waals surface area contributed by atoms with Crippen LogP contribution in [0.3, 0.4) is 0 Å². The lowest BCUT2D eigenvalue weighted by molar-refractivity contribution is 0.265. The molecule has 3 aliphatic rings. The minimum absolute atomic E-state index is 0.850. The van der Waals surface area contributed by atoms with Gasteiger partial charge in [0.25, 0.3) is 0 Å². The van der Waals surface area contributed by atoms with Gasteiger partial charge in [-0.2, -0.15) is 0 Å². The summed E-state index contributed by atoms with van der Waals surface area (Å²) in [7, 11) is 0. The number of hydrogen-bond donors (Lipinski definition) is 1. The number of fused-ring (bicyclic) bond motifs is 3. The van der Waals surface area contributed by atoms with Crippen molar-refractivity contribution in [3.05, 3.63) is 11.8 Å². The van der Waals surface area contributed by atoms with Crippen molar-refractivity contribution in [3.8, 4) is 0 Å². The first-order valence-electron chi connectivity index (χ1n) is 5.92. The molecule has 0 amide bonds. The van der Waals surface area contributed by atoms with E-state index in [1.54, 1.807) is 5.70 Å². The lowest BCUT2D eigenvalue weighted by Gasteiger charge is -2.28. The topological polar surface area (TPSA) is 12.0 Å². The Labute approximate surface area is 80.6 Å². The lowest BCUT2D eigenvalue weighted by atomic mass is 9.76. The Morgan fingerprint density at radius 2 is 2.00 bits per heavy atom. The summed E-state index contributed by atoms with van der Waals surface area (Å²) in [6, 6.07) is 0.850. The minimum atomic E-state index is 0.850. The van der Waals surface area contributed by atoms with Crippen molar-refractivity contribution in [1.82, 2.24) is 5.32 Å². The molecule has 72 valence electrons. The van der Waals surface area contributed by atoms with E-state index in [4.69, 9.17) is 0 Å². The molecule has 3 unspecified atom stereocenters. The number of allylic oxidation sites excluding steroid dienone is 2. The van der Waals surface area contributed by atoms with Crippen LogP contribution >= 0.6 is 0 Å². The van der Waals surface area contributed by atoms with Crippen LogP contribution in [-0.2, 0) is 0 Å². The van der Waals surface area contributed by atoms with Gasteiger partial charge in [-0.3, -0.25) is 0 Å². The molecule has 1 aliphatic heterocycles. The summed E-state index contributed by atoms with van der Waals surface area (Å²) in [4.78, 5) is 0. The summed E-state index contributed by atoms with van der Waals surface area (Å²) in [5.41, 5.74) is 1.61. The molecule has 0 aromatic rings. The molecule has 1 nitrogen and oxygen atoms in total. The third-order valence-electron chi connectivity index (χ3n) is 4.17. The van der Waals surface area contributed by atoms with Crippen molar-refractivity contribution >= 4 is 0 Å². The van der Waals surface area contributed by atoms with Crippen LogP contribution in [0.25, 0.3) is 0 Å². The molecule has 1 N–H and O–H groups in total. The summed E-state index contributed by atoms with van der Waals surface area (Å²) < 4.78 is 0. The summed E-state index contributed by atoms with van der Waals surface area (Å²) in [5.74, 6) is 1.93. The lowest BCUT2D eigenvalue weighted by Crippen LogP contribution is -2.29. The van der Waals surface area contributed by atoms with Crippen LogP contribution in [-0.4, -0.2) is 6.04 Å². The van der Waals surface area contributed by atoms with Crippen molar-refractivity contribution < 1.29 is 0 Å². The fraction of sp³-hybridized carbons (Fsp3) is 0.833. The summed E-state index contributed by atoms with van der Waals surface area (Å²) in [6.45, 7) is 0. The van der Waals surface area contributed by atoms with Gasteiger partial charge in [0.2, 0.25) is 0 Å². The average Bonchev–Trinajstić information content (AvgIpc) is 2.56. The zero-order valence-electron chi connectivity index (χ0n) is 8.26. The molecule has 1 heteroatoms. The quantitative estimate of drug-likeness (QED) is 0.600. The third kappa shape index (κ3) is 1.20. The van der Waals surface area contributed by atoms with Crippen LogP contribution in [0.15, 0.2) is 11.8 Å². The van der Waals surface area contributed by atoms with E-state index in [-0.39, 0.29) is 0 Å². The normalized spacial score (nSPS) is 43.1. The fourth-order valence-electron chi connectivity index (χ4n) is 3.55. The van der Waals surface area contributed by atoms with Gasteiger partial charge in [0.1, 0.15) is 0 Å². The van der Waals surface area contributed by atoms with Gasteiger partial charge in [-0.25, -0.2) is 0 Å². The minimum Gasteiger partial charge on any atom is -0.385 e. The molecule has 2 aliphatic carbocycles. The van der Waals surface area contributed by atoms with Crippen LogP contribution in [0.5, 0.6) is 0 Å². The highest BCUT2D eigenvalue weighted by Crippen LogP contribution is 2.43. The smallest absolute Gasteiger partial charge is 0.0292 e. The Balaban J connectivity index is 1.85. The Morgan fingerprint density at radius 1 is 1.08 bits per heavy atom. The highest BCUT2D eigenvalue weighted by atomic mass is 15.0. The maximum absolute atomic E-state index is 3.76. The Hall–Kier alpha value is -0.460. The molecule has 1 saturated heterocycles. The first kappa shape index (κ1) is 7.90. The van der Waals surface area contributed by atoms with E-state index in [9.17, 15) is 0 Å². The molecule has 13 heavy (non-hydrogen) atoms. The van der Waals surface area contributed by atoms with E-state index < -0.39 is 0 Å². The Morgan fingerprint density at radius 3 is 3.00 bits per heavy atom. The van der Waals surface area contributed by atoms with E-state index in [0.717, 1.165) is 17.9 Å². The molecule has 0 bridgehead atoms. The predicted molar refractivity (Wildman–Crippen MR) is 54.3 cm³/mol. The van der Waals surface area contributed by atoms with Crippen molar-refractivity contribution in [2.75, 3.05) is 0 Å². The molecular formula is C12H19N. The zero-order valence-corrected chi connectivity index (χ0v) is 8.26. The van der Waals surface area contributed by atoms with Crippen molar-refractivity contribution in [2.45, 2.75) is 51.0 Å². The van der Waals surface area contributed by atoms with Gasteiger partial charge < -0.3 is 5.32 Å². The van der Waals surface area contributed by atoms with Crippen LogP contribution in [0.2, 0.25) is 0 Å². The van der Waals surface area contributed by atoms with E-state index in [0.29, 0.717) is 0 Å². The van der Waals surface area contributed by atoms with Gasteiger partial charge in [0.15, 0.2) is 0 Å². The molecule has 3 atom stereocenters. The van der Waals surface area contributed by atoms with E-state index in [1.807, 2.05) is 0 Å². The fourth-order valence-corrected chi connectivity index (χ4v) is 3.55. The largest absolute Gasteiger partial charge is 0.385 e. The molecule has 1 heterocycles. The first-order valence-corrected chi connectivity index (χ1v) is 5.92. The van der Waals surface area contributed by atoms with E-state index in [2.05, 4.69) is 11.4 Å². The molecular weight excluding hydrogens is 158 g/mol. The highest BCUT2D eigenvalue weighted by Gasteiger charge is 2.40. The van der Waals surface area contributed by atoms with Crippen LogP contribution in [0.4, 0.5) is 0 Å². The van der Waals surface area contributed by atoms with Gasteiger partial charge in [0.05, 0.1) is 0 Å². The van der Waals surface area contributed by atoms with Gasteiger partial charge in [-0.1, -0.05) is 18.9 Å². The van der Waals surface area contributed by atoms with Crippen molar-refractivity contribution in [2.24, 2.45) is 11.8 Å². The molecule has 0 aromatic carbocycles. The average molecular weight is 177 g/mol. The monoisotopic (exact) mass is 177 g/mol. The maximum atomic E-state index is 3.76. The number of nitrogens with one attached hydrogen (secondary N) is 1. The van der Waals surface area contributed by atoms with Crippen LogP contribution in [0, 0.1) is 11.8 Å². The molecule has 0 aromatic heterocycles. The summed E-state index contributed by atoms with van der Waals surface area (Å²) in [5, 5.41) is 3.76. The van der Waals surface area contributed by atoms with E-state index in [1.165, 1.54) is 44.9 Å². The predicted octanol–water partition coefficient (Wildman–Crippen LogP) is 2.83. The summed E-state index contributed by atoms with van der Waals surface area (Å²) >= 11 is 0. The second-order valence-corrected chi connectivity index (χ2v) is 4.90. The molecule has 0 spiro atoms. The third-order valence-corrected chi connectivity index (χ3v) is 4.17. The SMILES string of the molecule is C1=C2NC3CCCCC3C2CCC1. The number of rotatable bonds is 0. The second-order valence-electron chi connectivity index (χ2n) is 4.90.